The summed E-state index contributed by atoms with van der Waals surface area (Å²) in [5.41, 5.74) is 20.4. The van der Waals surface area contributed by atoms with Gasteiger partial charge in [-0.1, -0.05) is 0 Å². The van der Waals surface area contributed by atoms with Crippen molar-refractivity contribution in [2.45, 2.75) is 37.8 Å². The summed E-state index contributed by atoms with van der Waals surface area (Å²) >= 11 is 0. The molecule has 2 atom stereocenters. The van der Waals surface area contributed by atoms with Crippen LogP contribution in [0.1, 0.15) is 25.7 Å². The van der Waals surface area contributed by atoms with Crippen molar-refractivity contribution in [3.8, 4) is 0 Å². The zero-order valence-electron chi connectivity index (χ0n) is 17.4. The largest absolute Gasteiger partial charge is 0.503 e. The molecular weight excluding hydrogens is 475 g/mol. The van der Waals surface area contributed by atoms with Crippen molar-refractivity contribution in [2.75, 3.05) is 13.1 Å². The first-order valence-electron chi connectivity index (χ1n) is 8.63. The van der Waals surface area contributed by atoms with E-state index in [9.17, 15) is 9.59 Å². The highest BCUT2D eigenvalue weighted by atomic mass is 31.2. The lowest BCUT2D eigenvalue weighted by molar-refractivity contribution is -0.139. The van der Waals surface area contributed by atoms with Gasteiger partial charge in [-0.25, -0.2) is 9.36 Å². The van der Waals surface area contributed by atoms with E-state index in [2.05, 4.69) is 10.6 Å². The lowest BCUT2D eigenvalue weighted by atomic mass is 10.2. The SMILES string of the molecule is N=C(N)NCCCC(N)C(=O)O.N=C(N)NCCCC(N)C(=O)O.O=C(O)O.O=P(O)(O)O. The predicted molar refractivity (Wildman–Crippen MR) is 114 cm³/mol. The van der Waals surface area contributed by atoms with Crippen molar-refractivity contribution in [3.05, 3.63) is 0 Å². The number of rotatable bonds is 10. The third-order valence-corrected chi connectivity index (χ3v) is 2.65. The van der Waals surface area contributed by atoms with E-state index in [1.807, 2.05) is 0 Å². The van der Waals surface area contributed by atoms with Crippen LogP contribution in [0.5, 0.6) is 0 Å². The number of hydrogen-bond acceptors (Lipinski definition) is 8. The van der Waals surface area contributed by atoms with Crippen LogP contribution < -0.4 is 33.6 Å². The molecule has 0 aromatic rings. The summed E-state index contributed by atoms with van der Waals surface area (Å²) in [5, 5.41) is 49.4. The average molecular weight is 508 g/mol. The van der Waals surface area contributed by atoms with Gasteiger partial charge in [0.1, 0.15) is 12.1 Å². The number of nitrogens with two attached hydrogens (primary N) is 4. The molecule has 0 aromatic carbocycles. The Morgan fingerprint density at radius 1 is 0.758 bits per heavy atom. The van der Waals surface area contributed by atoms with Gasteiger partial charge in [0.2, 0.25) is 0 Å². The van der Waals surface area contributed by atoms with Crippen molar-refractivity contribution >= 4 is 37.8 Å². The molecule has 0 aromatic heterocycles. The van der Waals surface area contributed by atoms with Crippen LogP contribution in [0.4, 0.5) is 4.79 Å². The van der Waals surface area contributed by atoms with E-state index >= 15 is 0 Å². The van der Waals surface area contributed by atoms with E-state index < -0.39 is 38.0 Å². The Bertz CT molecular complexity index is 596. The molecule has 0 heterocycles. The number of aliphatic carboxylic acids is 2. The summed E-state index contributed by atoms with van der Waals surface area (Å²) in [4.78, 5) is 50.5. The zero-order valence-corrected chi connectivity index (χ0v) is 18.3. The molecule has 0 aliphatic heterocycles. The van der Waals surface area contributed by atoms with Gasteiger partial charge in [-0.05, 0) is 25.7 Å². The maximum absolute atomic E-state index is 10.2. The molecule has 0 fully saturated rings. The van der Waals surface area contributed by atoms with Crippen LogP contribution >= 0.6 is 7.82 Å². The van der Waals surface area contributed by atoms with Gasteiger partial charge in [0.15, 0.2) is 11.9 Å². The fourth-order valence-electron chi connectivity index (χ4n) is 1.34. The van der Waals surface area contributed by atoms with Gasteiger partial charge in [-0.15, -0.1) is 0 Å². The van der Waals surface area contributed by atoms with Crippen LogP contribution in [0, 0.1) is 10.8 Å². The average Bonchev–Trinajstić information content (AvgIpc) is 2.60. The normalized spacial score (nSPS) is 11.3. The number of carbonyl (C=O) groups is 3. The van der Waals surface area contributed by atoms with Gasteiger partial charge < -0.3 is 68.7 Å². The third kappa shape index (κ3) is 58.5. The maximum Gasteiger partial charge on any atom is 0.503 e. The first-order chi connectivity index (χ1) is 14.8. The van der Waals surface area contributed by atoms with Crippen molar-refractivity contribution in [1.82, 2.24) is 10.6 Å². The van der Waals surface area contributed by atoms with Crippen molar-refractivity contribution in [2.24, 2.45) is 22.9 Å². The Morgan fingerprint density at radius 2 is 0.970 bits per heavy atom. The van der Waals surface area contributed by atoms with Crippen molar-refractivity contribution < 1.29 is 54.1 Å². The standard InChI is InChI=1S/2C6H14N4O2.CH2O3.H3O4P/c2*7-4(5(11)12)2-1-3-10-6(8)9;2-1(3)4;1-5(2,3)4/h2*4H,1-3,7H2,(H,11,12)(H4,8,9,10);(H2,2,3,4);(H3,1,2,3,4). The van der Waals surface area contributed by atoms with Crippen LogP contribution in [0.15, 0.2) is 0 Å². The van der Waals surface area contributed by atoms with E-state index in [0.717, 1.165) is 0 Å². The molecule has 196 valence electrons. The second-order valence-electron chi connectivity index (χ2n) is 5.65. The fourth-order valence-corrected chi connectivity index (χ4v) is 1.34. The summed E-state index contributed by atoms with van der Waals surface area (Å²) in [6, 6.07) is -1.64. The number of carboxylic acids is 2. The first-order valence-corrected chi connectivity index (χ1v) is 10.2. The van der Waals surface area contributed by atoms with Crippen LogP contribution in [0.2, 0.25) is 0 Å². The third-order valence-electron chi connectivity index (χ3n) is 2.65. The summed E-state index contributed by atoms with van der Waals surface area (Å²) in [6.07, 6.45) is 0.116. The minimum atomic E-state index is -4.64. The highest BCUT2D eigenvalue weighted by Crippen LogP contribution is 2.25. The Labute approximate surface area is 188 Å². The summed E-state index contributed by atoms with van der Waals surface area (Å²) in [6.45, 7) is 0.965. The monoisotopic (exact) mass is 508 g/mol. The maximum atomic E-state index is 10.2. The molecule has 20 heteroatoms. The molecule has 0 saturated heterocycles. The second kappa shape index (κ2) is 22.0. The van der Waals surface area contributed by atoms with Gasteiger partial charge >= 0.3 is 25.9 Å². The molecule has 0 spiro atoms. The minimum absolute atomic E-state index is 0.112. The molecule has 0 aliphatic rings. The van der Waals surface area contributed by atoms with Crippen molar-refractivity contribution in [1.29, 1.82) is 10.8 Å². The van der Waals surface area contributed by atoms with Crippen LogP contribution in [0.25, 0.3) is 0 Å². The summed E-state index contributed by atoms with van der Waals surface area (Å²) in [7, 11) is -4.64. The van der Waals surface area contributed by atoms with Gasteiger partial charge in [-0.3, -0.25) is 20.4 Å². The van der Waals surface area contributed by atoms with Crippen LogP contribution in [-0.4, -0.2) is 90.3 Å². The van der Waals surface area contributed by atoms with Gasteiger partial charge in [0.25, 0.3) is 0 Å². The molecule has 0 bridgehead atoms. The van der Waals surface area contributed by atoms with E-state index in [4.69, 9.17) is 78.2 Å². The molecule has 0 amide bonds. The van der Waals surface area contributed by atoms with E-state index in [0.29, 0.717) is 38.8 Å². The fraction of sp³-hybridized carbons (Fsp3) is 0.615. The summed E-state index contributed by atoms with van der Waals surface area (Å²) in [5.74, 6) is -2.23. The Morgan fingerprint density at radius 3 is 1.12 bits per heavy atom. The zero-order chi connectivity index (χ0) is 27.2. The smallest absolute Gasteiger partial charge is 0.480 e. The predicted octanol–water partition coefficient (Wildman–Crippen LogP) is -3.38. The summed E-state index contributed by atoms with van der Waals surface area (Å²) < 4.78 is 8.88. The highest BCUT2D eigenvalue weighted by Gasteiger charge is 2.10. The van der Waals surface area contributed by atoms with E-state index in [1.165, 1.54) is 0 Å². The van der Waals surface area contributed by atoms with Gasteiger partial charge in [-0.2, -0.15) is 0 Å². The van der Waals surface area contributed by atoms with Gasteiger partial charge in [0.05, 0.1) is 0 Å². The van der Waals surface area contributed by atoms with Crippen LogP contribution in [0.3, 0.4) is 0 Å². The molecule has 0 radical (unpaired) electrons. The number of hydrogen-bond donors (Lipinski definition) is 15. The lowest BCUT2D eigenvalue weighted by Crippen LogP contribution is -2.34. The molecule has 0 aliphatic carbocycles. The highest BCUT2D eigenvalue weighted by molar-refractivity contribution is 7.45. The molecule has 2 unspecified atom stereocenters. The molecule has 0 saturated carbocycles. The molecule has 19 N–H and O–H groups in total. The van der Waals surface area contributed by atoms with E-state index in [-0.39, 0.29) is 11.9 Å². The molecule has 0 rings (SSSR count). The van der Waals surface area contributed by atoms with E-state index in [1.54, 1.807) is 0 Å². The number of nitrogens with one attached hydrogen (secondary N) is 4. The number of phosphoric acid groups is 1. The Balaban J connectivity index is -0.000000188. The van der Waals surface area contributed by atoms with Crippen LogP contribution in [-0.2, 0) is 14.2 Å². The number of guanidine groups is 2. The van der Waals surface area contributed by atoms with Crippen molar-refractivity contribution in [3.63, 3.8) is 0 Å². The molecule has 33 heavy (non-hydrogen) atoms. The lowest BCUT2D eigenvalue weighted by Gasteiger charge is -2.06. The minimum Gasteiger partial charge on any atom is -0.480 e. The Kier molecular flexibility index (Phi) is 24.7. The Hall–Kier alpha value is -3.22. The quantitative estimate of drug-likeness (QED) is 0.0591. The molecular formula is C13H33N8O11P. The number of carboxylic acid groups (broad SMARTS) is 4. The topological polar surface area (TPSA) is 386 Å². The molecule has 19 nitrogen and oxygen atoms in total. The second-order valence-corrected chi connectivity index (χ2v) is 6.68. The van der Waals surface area contributed by atoms with Gasteiger partial charge in [0, 0.05) is 13.1 Å². The first kappa shape index (κ1) is 37.1.